The zero-order chi connectivity index (χ0) is 14.2. The Morgan fingerprint density at radius 2 is 1.90 bits per heavy atom. The van der Waals surface area contributed by atoms with Gasteiger partial charge in [-0.25, -0.2) is 0 Å². The van der Waals surface area contributed by atoms with E-state index in [1.54, 1.807) is 0 Å². The van der Waals surface area contributed by atoms with Gasteiger partial charge in [-0.15, -0.1) is 0 Å². The van der Waals surface area contributed by atoms with E-state index < -0.39 is 0 Å². The van der Waals surface area contributed by atoms with Crippen molar-refractivity contribution in [2.75, 3.05) is 0 Å². The van der Waals surface area contributed by atoms with E-state index in [4.69, 9.17) is 4.98 Å². The summed E-state index contributed by atoms with van der Waals surface area (Å²) in [5, 5.41) is 1.33. The third-order valence-corrected chi connectivity index (χ3v) is 4.65. The standard InChI is InChI=1S/C19H20N2/c1-2-15-16-9-5-6-10-17(16)21-19(15)18-11-13-7-3-4-8-14(13)12-20-18/h5-6,9-12,21H,2-4,7-8H2,1H3. The minimum Gasteiger partial charge on any atom is -0.353 e. The maximum atomic E-state index is 4.73. The van der Waals surface area contributed by atoms with Gasteiger partial charge in [-0.3, -0.25) is 4.98 Å². The summed E-state index contributed by atoms with van der Waals surface area (Å²) in [6, 6.07) is 10.9. The highest BCUT2D eigenvalue weighted by Crippen LogP contribution is 2.31. The highest BCUT2D eigenvalue weighted by Gasteiger charge is 2.15. The average molecular weight is 276 g/mol. The van der Waals surface area contributed by atoms with Crippen molar-refractivity contribution in [3.8, 4) is 11.4 Å². The maximum absolute atomic E-state index is 4.73. The van der Waals surface area contributed by atoms with Crippen LogP contribution in [-0.2, 0) is 19.3 Å². The van der Waals surface area contributed by atoms with Crippen LogP contribution in [0.1, 0.15) is 36.5 Å². The Kier molecular flexibility index (Phi) is 3.03. The number of hydrogen-bond donors (Lipinski definition) is 1. The zero-order valence-corrected chi connectivity index (χ0v) is 12.4. The van der Waals surface area contributed by atoms with Crippen molar-refractivity contribution < 1.29 is 0 Å². The second kappa shape index (κ2) is 5.03. The van der Waals surface area contributed by atoms with Crippen LogP contribution in [0.5, 0.6) is 0 Å². The first-order chi connectivity index (χ1) is 10.4. The number of fused-ring (bicyclic) bond motifs is 2. The van der Waals surface area contributed by atoms with Crippen molar-refractivity contribution in [1.82, 2.24) is 9.97 Å². The third kappa shape index (κ3) is 2.06. The Labute approximate surface area is 125 Å². The van der Waals surface area contributed by atoms with Crippen LogP contribution >= 0.6 is 0 Å². The van der Waals surface area contributed by atoms with E-state index >= 15 is 0 Å². The lowest BCUT2D eigenvalue weighted by atomic mass is 9.92. The summed E-state index contributed by atoms with van der Waals surface area (Å²) < 4.78 is 0. The second-order valence-electron chi connectivity index (χ2n) is 5.92. The molecule has 1 aliphatic carbocycles. The number of aryl methyl sites for hydroxylation is 3. The fourth-order valence-electron chi connectivity index (χ4n) is 3.54. The first-order valence-electron chi connectivity index (χ1n) is 7.94. The van der Waals surface area contributed by atoms with Crippen molar-refractivity contribution in [2.24, 2.45) is 0 Å². The molecule has 0 radical (unpaired) electrons. The van der Waals surface area contributed by atoms with Crippen LogP contribution in [0.4, 0.5) is 0 Å². The molecule has 0 aliphatic heterocycles. The molecule has 0 saturated carbocycles. The predicted molar refractivity (Wildman–Crippen MR) is 87.5 cm³/mol. The van der Waals surface area contributed by atoms with Crippen LogP contribution in [0.3, 0.4) is 0 Å². The minimum atomic E-state index is 1.03. The highest BCUT2D eigenvalue weighted by molar-refractivity contribution is 5.90. The first-order valence-corrected chi connectivity index (χ1v) is 7.94. The fraction of sp³-hybridized carbons (Fsp3) is 0.316. The van der Waals surface area contributed by atoms with Gasteiger partial charge in [-0.1, -0.05) is 25.1 Å². The van der Waals surface area contributed by atoms with Gasteiger partial charge in [0.1, 0.15) is 0 Å². The Morgan fingerprint density at radius 3 is 2.76 bits per heavy atom. The van der Waals surface area contributed by atoms with Gasteiger partial charge >= 0.3 is 0 Å². The largest absolute Gasteiger partial charge is 0.353 e. The van der Waals surface area contributed by atoms with Gasteiger partial charge in [0.25, 0.3) is 0 Å². The number of rotatable bonds is 2. The van der Waals surface area contributed by atoms with Crippen LogP contribution in [0.2, 0.25) is 0 Å². The molecule has 0 unspecified atom stereocenters. The number of para-hydroxylation sites is 1. The quantitative estimate of drug-likeness (QED) is 0.724. The smallest absolute Gasteiger partial charge is 0.0870 e. The molecule has 1 N–H and O–H groups in total. The Bertz CT molecular complexity index is 798. The topological polar surface area (TPSA) is 28.7 Å². The summed E-state index contributed by atoms with van der Waals surface area (Å²) in [4.78, 5) is 8.31. The molecule has 2 aromatic heterocycles. The second-order valence-corrected chi connectivity index (χ2v) is 5.92. The maximum Gasteiger partial charge on any atom is 0.0870 e. The number of nitrogens with zero attached hydrogens (tertiary/aromatic N) is 1. The normalized spacial score (nSPS) is 14.3. The number of pyridine rings is 1. The van der Waals surface area contributed by atoms with Gasteiger partial charge in [0.05, 0.1) is 11.4 Å². The predicted octanol–water partition coefficient (Wildman–Crippen LogP) is 4.67. The molecule has 0 fully saturated rings. The molecule has 0 amide bonds. The van der Waals surface area contributed by atoms with Gasteiger partial charge in [0.15, 0.2) is 0 Å². The summed E-state index contributed by atoms with van der Waals surface area (Å²) in [5.41, 5.74) is 7.83. The molecule has 0 bridgehead atoms. The molecule has 4 rings (SSSR count). The van der Waals surface area contributed by atoms with Crippen LogP contribution in [-0.4, -0.2) is 9.97 Å². The molecule has 2 heteroatoms. The molecule has 0 atom stereocenters. The van der Waals surface area contributed by atoms with Crippen LogP contribution in [0, 0.1) is 0 Å². The molecule has 3 aromatic rings. The van der Waals surface area contributed by atoms with Gasteiger partial charge in [0, 0.05) is 17.1 Å². The monoisotopic (exact) mass is 276 g/mol. The van der Waals surface area contributed by atoms with E-state index in [0.717, 1.165) is 12.1 Å². The summed E-state index contributed by atoms with van der Waals surface area (Å²) in [5.74, 6) is 0. The minimum absolute atomic E-state index is 1.03. The number of hydrogen-bond acceptors (Lipinski definition) is 1. The molecule has 2 nitrogen and oxygen atoms in total. The van der Waals surface area contributed by atoms with Crippen molar-refractivity contribution in [3.05, 3.63) is 53.2 Å². The summed E-state index contributed by atoms with van der Waals surface area (Å²) >= 11 is 0. The molecule has 1 aliphatic rings. The first kappa shape index (κ1) is 12.6. The fourth-order valence-corrected chi connectivity index (χ4v) is 3.54. The van der Waals surface area contributed by atoms with Gasteiger partial charge < -0.3 is 4.98 Å². The van der Waals surface area contributed by atoms with E-state index in [9.17, 15) is 0 Å². The molecule has 106 valence electrons. The lowest BCUT2D eigenvalue weighted by molar-refractivity contribution is 0.682. The zero-order valence-electron chi connectivity index (χ0n) is 12.4. The highest BCUT2D eigenvalue weighted by atomic mass is 14.8. The number of nitrogens with one attached hydrogen (secondary N) is 1. The van der Waals surface area contributed by atoms with E-state index in [2.05, 4.69) is 48.4 Å². The van der Waals surface area contributed by atoms with Crippen molar-refractivity contribution in [2.45, 2.75) is 39.0 Å². The third-order valence-electron chi connectivity index (χ3n) is 4.65. The molecular formula is C19H20N2. The molecule has 2 heterocycles. The van der Waals surface area contributed by atoms with Crippen LogP contribution < -0.4 is 0 Å². The Hall–Kier alpha value is -2.09. The molecule has 21 heavy (non-hydrogen) atoms. The van der Waals surface area contributed by atoms with Crippen molar-refractivity contribution in [3.63, 3.8) is 0 Å². The SMILES string of the molecule is CCc1c(-c2cc3c(cn2)CCCC3)[nH]c2ccccc12. The van der Waals surface area contributed by atoms with Gasteiger partial charge in [-0.05, 0) is 60.9 Å². The summed E-state index contributed by atoms with van der Waals surface area (Å²) in [7, 11) is 0. The Morgan fingerprint density at radius 1 is 1.10 bits per heavy atom. The van der Waals surface area contributed by atoms with Gasteiger partial charge in [-0.2, -0.15) is 0 Å². The van der Waals surface area contributed by atoms with E-state index in [1.807, 2.05) is 0 Å². The summed E-state index contributed by atoms with van der Waals surface area (Å²) in [6.45, 7) is 2.22. The summed E-state index contributed by atoms with van der Waals surface area (Å²) in [6.07, 6.45) is 8.12. The number of benzene rings is 1. The van der Waals surface area contributed by atoms with Crippen LogP contribution in [0.25, 0.3) is 22.3 Å². The molecule has 0 spiro atoms. The van der Waals surface area contributed by atoms with E-state index in [-0.39, 0.29) is 0 Å². The molecular weight excluding hydrogens is 256 g/mol. The van der Waals surface area contributed by atoms with E-state index in [0.29, 0.717) is 0 Å². The van der Waals surface area contributed by atoms with Crippen molar-refractivity contribution >= 4 is 10.9 Å². The Balaban J connectivity index is 1.89. The number of H-pyrrole nitrogens is 1. The van der Waals surface area contributed by atoms with E-state index in [1.165, 1.54) is 59.0 Å². The lowest BCUT2D eigenvalue weighted by Gasteiger charge is -2.15. The average Bonchev–Trinajstić information content (AvgIpc) is 2.93. The molecule has 1 aromatic carbocycles. The van der Waals surface area contributed by atoms with Crippen molar-refractivity contribution in [1.29, 1.82) is 0 Å². The van der Waals surface area contributed by atoms with Gasteiger partial charge in [0.2, 0.25) is 0 Å². The number of aromatic amines is 1. The number of aromatic nitrogens is 2. The molecule has 0 saturated heterocycles. The van der Waals surface area contributed by atoms with Crippen LogP contribution in [0.15, 0.2) is 36.5 Å². The lowest BCUT2D eigenvalue weighted by Crippen LogP contribution is -2.04.